The van der Waals surface area contributed by atoms with Crippen LogP contribution in [-0.2, 0) is 11.4 Å². The fourth-order valence-electron chi connectivity index (χ4n) is 1.37. The summed E-state index contributed by atoms with van der Waals surface area (Å²) in [5.41, 5.74) is 5.16. The first kappa shape index (κ1) is 12.0. The number of aryl methyl sites for hydroxylation is 1. The third kappa shape index (κ3) is 3.90. The van der Waals surface area contributed by atoms with Crippen LogP contribution < -0.4 is 10.2 Å². The largest absolute Gasteiger partial charge is 0.491 e. The van der Waals surface area contributed by atoms with Crippen LogP contribution in [0.4, 0.5) is 0 Å². The molecule has 0 spiro atoms. The average molecular weight is 209 g/mol. The molecule has 0 bridgehead atoms. The van der Waals surface area contributed by atoms with Gasteiger partial charge in [-0.05, 0) is 26.8 Å². The average Bonchev–Trinajstić information content (AvgIpc) is 2.18. The van der Waals surface area contributed by atoms with Gasteiger partial charge in [0.25, 0.3) is 0 Å². The topological polar surface area (TPSA) is 30.5 Å². The van der Waals surface area contributed by atoms with Crippen LogP contribution in [0.1, 0.15) is 25.0 Å². The quantitative estimate of drug-likeness (QED) is 0.755. The molecule has 0 aliphatic heterocycles. The SMILES string of the molecule is CONCc1cc(C)ccc1OC(C)C. The first-order valence-electron chi connectivity index (χ1n) is 5.15. The van der Waals surface area contributed by atoms with Crippen molar-refractivity contribution in [2.24, 2.45) is 0 Å². The lowest BCUT2D eigenvalue weighted by atomic mass is 10.1. The van der Waals surface area contributed by atoms with Gasteiger partial charge in [0.15, 0.2) is 0 Å². The van der Waals surface area contributed by atoms with Crippen molar-refractivity contribution in [2.45, 2.75) is 33.4 Å². The molecule has 0 radical (unpaired) electrons. The molecule has 1 aromatic rings. The minimum absolute atomic E-state index is 0.189. The summed E-state index contributed by atoms with van der Waals surface area (Å²) in [6.45, 7) is 6.76. The molecule has 0 aromatic heterocycles. The molecule has 0 heterocycles. The fraction of sp³-hybridized carbons (Fsp3) is 0.500. The number of rotatable bonds is 5. The molecule has 3 nitrogen and oxygen atoms in total. The Morgan fingerprint density at radius 1 is 1.33 bits per heavy atom. The molecule has 0 amide bonds. The minimum Gasteiger partial charge on any atom is -0.491 e. The van der Waals surface area contributed by atoms with Crippen molar-refractivity contribution in [1.29, 1.82) is 0 Å². The summed E-state index contributed by atoms with van der Waals surface area (Å²) in [6.07, 6.45) is 0.189. The molecule has 84 valence electrons. The monoisotopic (exact) mass is 209 g/mol. The van der Waals surface area contributed by atoms with Crippen LogP contribution >= 0.6 is 0 Å². The Bertz CT molecular complexity index is 310. The second-order valence-electron chi connectivity index (χ2n) is 3.80. The van der Waals surface area contributed by atoms with Gasteiger partial charge in [0, 0.05) is 12.1 Å². The van der Waals surface area contributed by atoms with Crippen LogP contribution in [-0.4, -0.2) is 13.2 Å². The van der Waals surface area contributed by atoms with E-state index in [4.69, 9.17) is 9.57 Å². The molecule has 1 N–H and O–H groups in total. The zero-order valence-corrected chi connectivity index (χ0v) is 9.83. The van der Waals surface area contributed by atoms with E-state index in [0.29, 0.717) is 6.54 Å². The lowest BCUT2D eigenvalue weighted by Crippen LogP contribution is -2.14. The van der Waals surface area contributed by atoms with Crippen molar-refractivity contribution in [1.82, 2.24) is 5.48 Å². The summed E-state index contributed by atoms with van der Waals surface area (Å²) in [5, 5.41) is 0. The molecule has 0 aliphatic carbocycles. The minimum atomic E-state index is 0.189. The van der Waals surface area contributed by atoms with Crippen LogP contribution in [0.3, 0.4) is 0 Å². The van der Waals surface area contributed by atoms with E-state index in [0.717, 1.165) is 11.3 Å². The number of ether oxygens (including phenoxy) is 1. The lowest BCUT2D eigenvalue weighted by Gasteiger charge is -2.14. The third-order valence-corrected chi connectivity index (χ3v) is 1.99. The van der Waals surface area contributed by atoms with E-state index in [1.807, 2.05) is 26.0 Å². The predicted molar refractivity (Wildman–Crippen MR) is 60.8 cm³/mol. The van der Waals surface area contributed by atoms with Crippen molar-refractivity contribution >= 4 is 0 Å². The molecule has 1 aromatic carbocycles. The van der Waals surface area contributed by atoms with Gasteiger partial charge in [-0.2, -0.15) is 5.48 Å². The fourth-order valence-corrected chi connectivity index (χ4v) is 1.37. The van der Waals surface area contributed by atoms with E-state index >= 15 is 0 Å². The third-order valence-electron chi connectivity index (χ3n) is 1.99. The maximum absolute atomic E-state index is 5.70. The first-order valence-corrected chi connectivity index (χ1v) is 5.15. The van der Waals surface area contributed by atoms with Gasteiger partial charge in [0.1, 0.15) is 5.75 Å². The highest BCUT2D eigenvalue weighted by Gasteiger charge is 2.05. The molecular formula is C12H19NO2. The van der Waals surface area contributed by atoms with Crippen molar-refractivity contribution in [2.75, 3.05) is 7.11 Å². The van der Waals surface area contributed by atoms with Gasteiger partial charge in [0.2, 0.25) is 0 Å². The van der Waals surface area contributed by atoms with E-state index < -0.39 is 0 Å². The zero-order chi connectivity index (χ0) is 11.3. The van der Waals surface area contributed by atoms with Crippen molar-refractivity contribution < 1.29 is 9.57 Å². The van der Waals surface area contributed by atoms with Crippen LogP contribution in [0, 0.1) is 6.92 Å². The van der Waals surface area contributed by atoms with Crippen LogP contribution in [0.2, 0.25) is 0 Å². The Balaban J connectivity index is 2.82. The highest BCUT2D eigenvalue weighted by atomic mass is 16.6. The molecule has 0 unspecified atom stereocenters. The van der Waals surface area contributed by atoms with Crippen molar-refractivity contribution in [3.8, 4) is 5.75 Å². The lowest BCUT2D eigenvalue weighted by molar-refractivity contribution is 0.0855. The molecule has 3 heteroatoms. The maximum atomic E-state index is 5.70. The standard InChI is InChI=1S/C12H19NO2/c1-9(2)15-12-6-5-10(3)7-11(12)8-13-14-4/h5-7,9,13H,8H2,1-4H3. The van der Waals surface area contributed by atoms with Crippen molar-refractivity contribution in [3.63, 3.8) is 0 Å². The Morgan fingerprint density at radius 3 is 2.67 bits per heavy atom. The Morgan fingerprint density at radius 2 is 2.07 bits per heavy atom. The Hall–Kier alpha value is -1.06. The van der Waals surface area contributed by atoms with Gasteiger partial charge in [-0.15, -0.1) is 0 Å². The summed E-state index contributed by atoms with van der Waals surface area (Å²) in [6, 6.07) is 6.15. The van der Waals surface area contributed by atoms with E-state index in [-0.39, 0.29) is 6.10 Å². The van der Waals surface area contributed by atoms with E-state index in [1.54, 1.807) is 7.11 Å². The highest BCUT2D eigenvalue weighted by Crippen LogP contribution is 2.21. The Kier molecular flexibility index (Phi) is 4.59. The van der Waals surface area contributed by atoms with Gasteiger partial charge < -0.3 is 9.57 Å². The van der Waals surface area contributed by atoms with Gasteiger partial charge in [-0.3, -0.25) is 0 Å². The maximum Gasteiger partial charge on any atom is 0.124 e. The first-order chi connectivity index (χ1) is 7.13. The smallest absolute Gasteiger partial charge is 0.124 e. The van der Waals surface area contributed by atoms with Gasteiger partial charge in [-0.1, -0.05) is 17.7 Å². The van der Waals surface area contributed by atoms with Crippen molar-refractivity contribution in [3.05, 3.63) is 29.3 Å². The van der Waals surface area contributed by atoms with E-state index in [2.05, 4.69) is 18.5 Å². The van der Waals surface area contributed by atoms with E-state index in [9.17, 15) is 0 Å². The number of hydrogen-bond acceptors (Lipinski definition) is 3. The number of hydroxylamine groups is 1. The second kappa shape index (κ2) is 5.73. The second-order valence-corrected chi connectivity index (χ2v) is 3.80. The molecule has 15 heavy (non-hydrogen) atoms. The molecule has 0 saturated carbocycles. The highest BCUT2D eigenvalue weighted by molar-refractivity contribution is 5.36. The summed E-state index contributed by atoms with van der Waals surface area (Å²) < 4.78 is 5.70. The van der Waals surface area contributed by atoms with Crippen LogP contribution in [0.15, 0.2) is 18.2 Å². The zero-order valence-electron chi connectivity index (χ0n) is 9.83. The van der Waals surface area contributed by atoms with E-state index in [1.165, 1.54) is 5.56 Å². The van der Waals surface area contributed by atoms with Gasteiger partial charge in [0.05, 0.1) is 13.2 Å². The summed E-state index contributed by atoms with van der Waals surface area (Å²) in [4.78, 5) is 4.84. The number of benzene rings is 1. The number of nitrogens with one attached hydrogen (secondary N) is 1. The van der Waals surface area contributed by atoms with Crippen LogP contribution in [0.5, 0.6) is 5.75 Å². The van der Waals surface area contributed by atoms with Crippen LogP contribution in [0.25, 0.3) is 0 Å². The molecule has 0 aliphatic rings. The summed E-state index contributed by atoms with van der Waals surface area (Å²) >= 11 is 0. The summed E-state index contributed by atoms with van der Waals surface area (Å²) in [7, 11) is 1.61. The molecule has 1 rings (SSSR count). The molecule has 0 saturated heterocycles. The summed E-state index contributed by atoms with van der Waals surface area (Å²) in [5.74, 6) is 0.917. The molecule has 0 fully saturated rings. The van der Waals surface area contributed by atoms with Gasteiger partial charge >= 0.3 is 0 Å². The van der Waals surface area contributed by atoms with Gasteiger partial charge in [-0.25, -0.2) is 0 Å². The Labute approximate surface area is 91.4 Å². The predicted octanol–water partition coefficient (Wildman–Crippen LogP) is 2.43. The molecular weight excluding hydrogens is 190 g/mol. The normalized spacial score (nSPS) is 10.7. The number of hydrogen-bond donors (Lipinski definition) is 1. The molecule has 0 atom stereocenters.